The quantitative estimate of drug-likeness (QED) is 0.283. The number of rotatable bonds is 8. The molecule has 1 amide bonds. The van der Waals surface area contributed by atoms with E-state index in [9.17, 15) is 9.18 Å². The van der Waals surface area contributed by atoms with E-state index in [4.69, 9.17) is 15.9 Å². The van der Waals surface area contributed by atoms with E-state index >= 15 is 0 Å². The van der Waals surface area contributed by atoms with Gasteiger partial charge in [-0.05, 0) is 74.8 Å². The number of anilines is 1. The van der Waals surface area contributed by atoms with Crippen molar-refractivity contribution in [1.29, 1.82) is 5.41 Å². The molecule has 1 aliphatic heterocycles. The lowest BCUT2D eigenvalue weighted by atomic mass is 9.99. The van der Waals surface area contributed by atoms with Crippen LogP contribution < -0.4 is 15.8 Å². The number of amides is 1. The van der Waals surface area contributed by atoms with Gasteiger partial charge < -0.3 is 26.1 Å². The van der Waals surface area contributed by atoms with Crippen molar-refractivity contribution in [1.82, 2.24) is 9.88 Å². The van der Waals surface area contributed by atoms with E-state index < -0.39 is 11.7 Å². The SMILES string of the molecule is CC.CCN1CCCC1.CCc1cc(-c2cc(Oc3ccc(C=N)c(NC)c3)ccn2)cc(F)c1C(N)=O.[HH]. The summed E-state index contributed by atoms with van der Waals surface area (Å²) in [5, 5.41) is 10.4. The van der Waals surface area contributed by atoms with Crippen LogP contribution in [0, 0.1) is 11.2 Å². The van der Waals surface area contributed by atoms with Crippen molar-refractivity contribution in [3.8, 4) is 22.8 Å². The van der Waals surface area contributed by atoms with E-state index in [1.165, 1.54) is 44.8 Å². The highest BCUT2D eigenvalue weighted by molar-refractivity contribution is 5.95. The summed E-state index contributed by atoms with van der Waals surface area (Å²) in [7, 11) is 1.77. The van der Waals surface area contributed by atoms with Crippen molar-refractivity contribution in [2.24, 2.45) is 5.73 Å². The number of likely N-dealkylation sites (tertiary alicyclic amines) is 1. The molecule has 1 fully saturated rings. The normalized spacial score (nSPS) is 12.5. The number of hydrogen-bond donors (Lipinski definition) is 3. The van der Waals surface area contributed by atoms with Gasteiger partial charge in [0.2, 0.25) is 0 Å². The zero-order chi connectivity index (χ0) is 28.1. The van der Waals surface area contributed by atoms with Crippen LogP contribution in [0.25, 0.3) is 11.3 Å². The second-order valence-electron chi connectivity index (χ2n) is 8.47. The smallest absolute Gasteiger partial charge is 0.251 e. The van der Waals surface area contributed by atoms with Gasteiger partial charge in [0.25, 0.3) is 5.91 Å². The van der Waals surface area contributed by atoms with Crippen LogP contribution in [0.4, 0.5) is 10.1 Å². The van der Waals surface area contributed by atoms with Gasteiger partial charge in [0, 0.05) is 49.8 Å². The number of benzene rings is 2. The number of carbonyl (C=O) groups excluding carboxylic acids is 1. The first-order chi connectivity index (χ1) is 18.4. The molecule has 7 nitrogen and oxygen atoms in total. The number of nitrogens with zero attached hydrogens (tertiary/aromatic N) is 2. The highest BCUT2D eigenvalue weighted by Crippen LogP contribution is 2.30. The molecule has 0 atom stereocenters. The maximum Gasteiger partial charge on any atom is 0.251 e. The molecule has 38 heavy (non-hydrogen) atoms. The molecular formula is C30H42FN5O2. The Morgan fingerprint density at radius 1 is 1.16 bits per heavy atom. The van der Waals surface area contributed by atoms with Crippen LogP contribution in [0.15, 0.2) is 48.7 Å². The van der Waals surface area contributed by atoms with Gasteiger partial charge in [-0.3, -0.25) is 9.78 Å². The number of ether oxygens (including phenoxy) is 1. The summed E-state index contributed by atoms with van der Waals surface area (Å²) in [5.74, 6) is -0.343. The highest BCUT2D eigenvalue weighted by Gasteiger charge is 2.16. The zero-order valence-electron chi connectivity index (χ0n) is 23.1. The molecule has 1 saturated heterocycles. The summed E-state index contributed by atoms with van der Waals surface area (Å²) in [5.41, 5.74) is 8.29. The summed E-state index contributed by atoms with van der Waals surface area (Å²) in [6, 6.07) is 11.7. The van der Waals surface area contributed by atoms with E-state index in [1.807, 2.05) is 20.8 Å². The third-order valence-electron chi connectivity index (χ3n) is 6.16. The molecule has 4 N–H and O–H groups in total. The van der Waals surface area contributed by atoms with Gasteiger partial charge in [-0.15, -0.1) is 0 Å². The lowest BCUT2D eigenvalue weighted by Gasteiger charge is -2.12. The lowest BCUT2D eigenvalue weighted by molar-refractivity contribution is 0.0995. The average Bonchev–Trinajstić information content (AvgIpc) is 3.48. The Labute approximate surface area is 227 Å². The molecule has 0 spiro atoms. The fourth-order valence-electron chi connectivity index (χ4n) is 4.17. The van der Waals surface area contributed by atoms with E-state index in [2.05, 4.69) is 22.1 Å². The number of carbonyl (C=O) groups is 1. The maximum atomic E-state index is 14.5. The Bertz CT molecular complexity index is 1220. The third-order valence-corrected chi connectivity index (χ3v) is 6.16. The summed E-state index contributed by atoms with van der Waals surface area (Å²) >= 11 is 0. The Balaban J connectivity index is 0.000000652. The van der Waals surface area contributed by atoms with Crippen molar-refractivity contribution in [2.75, 3.05) is 32.0 Å². The van der Waals surface area contributed by atoms with Crippen LogP contribution >= 0.6 is 0 Å². The minimum absolute atomic E-state index is 0. The summed E-state index contributed by atoms with van der Waals surface area (Å²) < 4.78 is 20.4. The van der Waals surface area contributed by atoms with E-state index in [1.54, 1.807) is 49.6 Å². The number of hydrogen-bond acceptors (Lipinski definition) is 6. The molecule has 0 bridgehead atoms. The van der Waals surface area contributed by atoms with E-state index in [0.29, 0.717) is 34.7 Å². The van der Waals surface area contributed by atoms with Crippen molar-refractivity contribution >= 4 is 17.8 Å². The number of primary amides is 1. The van der Waals surface area contributed by atoms with Crippen molar-refractivity contribution in [2.45, 2.75) is 47.0 Å². The van der Waals surface area contributed by atoms with Crippen LogP contribution in [0.5, 0.6) is 11.5 Å². The third kappa shape index (κ3) is 8.11. The second-order valence-corrected chi connectivity index (χ2v) is 8.47. The summed E-state index contributed by atoms with van der Waals surface area (Å²) in [6.07, 6.45) is 6.14. The lowest BCUT2D eigenvalue weighted by Crippen LogP contribution is -2.17. The fraction of sp³-hybridized carbons (Fsp3) is 0.367. The Morgan fingerprint density at radius 2 is 1.84 bits per heavy atom. The molecular weight excluding hydrogens is 481 g/mol. The van der Waals surface area contributed by atoms with Gasteiger partial charge in [-0.25, -0.2) is 4.39 Å². The number of pyridine rings is 1. The molecule has 1 aliphatic rings. The molecule has 0 unspecified atom stereocenters. The number of aryl methyl sites for hydroxylation is 1. The minimum atomic E-state index is -0.787. The topological polar surface area (TPSA) is 104 Å². The van der Waals surface area contributed by atoms with Crippen molar-refractivity contribution < 1.29 is 15.3 Å². The maximum absolute atomic E-state index is 14.5. The van der Waals surface area contributed by atoms with Crippen LogP contribution in [-0.4, -0.2) is 48.7 Å². The van der Waals surface area contributed by atoms with Crippen molar-refractivity contribution in [3.63, 3.8) is 0 Å². The Kier molecular flexibility index (Phi) is 12.4. The predicted molar refractivity (Wildman–Crippen MR) is 156 cm³/mol. The predicted octanol–water partition coefficient (Wildman–Crippen LogP) is 6.75. The van der Waals surface area contributed by atoms with Crippen LogP contribution in [0.3, 0.4) is 0 Å². The van der Waals surface area contributed by atoms with Gasteiger partial charge in [-0.1, -0.05) is 27.7 Å². The first-order valence-corrected chi connectivity index (χ1v) is 13.2. The second kappa shape index (κ2) is 15.5. The first-order valence-electron chi connectivity index (χ1n) is 13.2. The molecule has 2 aromatic carbocycles. The zero-order valence-corrected chi connectivity index (χ0v) is 23.1. The number of nitrogens with two attached hydrogens (primary N) is 1. The average molecular weight is 524 g/mol. The van der Waals surface area contributed by atoms with Gasteiger partial charge in [0.05, 0.1) is 11.3 Å². The fourth-order valence-corrected chi connectivity index (χ4v) is 4.17. The summed E-state index contributed by atoms with van der Waals surface area (Å²) in [4.78, 5) is 18.3. The monoisotopic (exact) mass is 523 g/mol. The van der Waals surface area contributed by atoms with E-state index in [-0.39, 0.29) is 6.99 Å². The van der Waals surface area contributed by atoms with Crippen molar-refractivity contribution in [3.05, 3.63) is 71.2 Å². The molecule has 3 aromatic rings. The molecule has 4 rings (SSSR count). The minimum Gasteiger partial charge on any atom is -0.457 e. The number of halogens is 1. The number of aromatic nitrogens is 1. The van der Waals surface area contributed by atoms with Gasteiger partial charge in [-0.2, -0.15) is 0 Å². The van der Waals surface area contributed by atoms with Gasteiger partial charge >= 0.3 is 0 Å². The van der Waals surface area contributed by atoms with Gasteiger partial charge in [0.1, 0.15) is 17.3 Å². The summed E-state index contributed by atoms with van der Waals surface area (Å²) in [6.45, 7) is 12.0. The first kappa shape index (κ1) is 30.4. The van der Waals surface area contributed by atoms with E-state index in [0.717, 1.165) is 11.3 Å². The molecule has 8 heteroatoms. The van der Waals surface area contributed by atoms with Gasteiger partial charge in [0.15, 0.2) is 0 Å². The number of nitrogens with one attached hydrogen (secondary N) is 2. The molecule has 206 valence electrons. The Morgan fingerprint density at radius 3 is 2.39 bits per heavy atom. The molecule has 1 aromatic heterocycles. The van der Waals surface area contributed by atoms with Crippen LogP contribution in [-0.2, 0) is 6.42 Å². The standard InChI is InChI=1S/C22H21FN4O2.C6H13N.C2H6.H2/c1-3-13-8-15(9-18(23)21(13)22(25)28)20-11-17(6-7-27-20)29-16-5-4-14(12-24)19(10-16)26-2;1-2-7-5-3-4-6-7;1-2;/h4-12,24,26H,3H2,1-2H3,(H2,25,28);2-6H2,1H3;1-2H3;1H. The molecule has 2 heterocycles. The van der Waals surface area contributed by atoms with Crippen LogP contribution in [0.2, 0.25) is 0 Å². The largest absolute Gasteiger partial charge is 0.457 e. The van der Waals surface area contributed by atoms with Crippen LogP contribution in [0.1, 0.15) is 63.4 Å². The Hall–Kier alpha value is -3.78. The molecule has 0 aliphatic carbocycles. The highest BCUT2D eigenvalue weighted by atomic mass is 19.1. The molecule has 0 radical (unpaired) electrons. The molecule has 0 saturated carbocycles.